The molecule has 0 amide bonds. The molecule has 2 unspecified atom stereocenters. The number of dihydropyridines is 1. The smallest absolute Gasteiger partial charge is 0.337 e. The zero-order valence-corrected chi connectivity index (χ0v) is 22.8. The summed E-state index contributed by atoms with van der Waals surface area (Å²) in [6, 6.07) is 15.8. The van der Waals surface area contributed by atoms with Crippen molar-refractivity contribution in [1.29, 1.82) is 0 Å². The molecule has 0 saturated carbocycles. The monoisotopic (exact) mass is 560 g/mol. The molecule has 5 rings (SSSR count). The molecule has 1 aliphatic heterocycles. The Morgan fingerprint density at radius 1 is 1.18 bits per heavy atom. The molecule has 2 atom stereocenters. The Balaban J connectivity index is 1.62. The average molecular weight is 561 g/mol. The number of nitro groups is 1. The van der Waals surface area contributed by atoms with E-state index in [9.17, 15) is 24.8 Å². The fraction of sp³-hybridized carbons (Fsp3) is 0.267. The van der Waals surface area contributed by atoms with E-state index in [1.54, 1.807) is 25.2 Å². The maximum Gasteiger partial charge on any atom is 0.337 e. The van der Waals surface area contributed by atoms with Crippen LogP contribution in [0, 0.1) is 10.1 Å². The number of ketones is 1. The molecule has 0 fully saturated rings. The van der Waals surface area contributed by atoms with Crippen molar-refractivity contribution in [2.75, 3.05) is 6.61 Å². The number of phenols is 1. The third kappa shape index (κ3) is 5.22. The van der Waals surface area contributed by atoms with Gasteiger partial charge in [-0.15, -0.1) is 11.3 Å². The molecule has 0 radical (unpaired) electrons. The van der Waals surface area contributed by atoms with Crippen LogP contribution in [0.2, 0.25) is 0 Å². The van der Waals surface area contributed by atoms with Crippen molar-refractivity contribution < 1.29 is 29.1 Å². The third-order valence-electron chi connectivity index (χ3n) is 7.11. The number of rotatable bonds is 8. The first-order valence-corrected chi connectivity index (χ1v) is 13.8. The Bertz CT molecular complexity index is 1530. The fourth-order valence-electron chi connectivity index (χ4n) is 5.35. The topological polar surface area (TPSA) is 128 Å². The number of hydrogen-bond donors (Lipinski definition) is 2. The Kier molecular flexibility index (Phi) is 7.70. The number of nitrogens with one attached hydrogen (secondary N) is 1. The van der Waals surface area contributed by atoms with Gasteiger partial charge in [-0.05, 0) is 48.9 Å². The average Bonchev–Trinajstić information content (AvgIpc) is 3.48. The Labute approximate surface area is 234 Å². The highest BCUT2D eigenvalue weighted by molar-refractivity contribution is 7.10. The van der Waals surface area contributed by atoms with E-state index in [0.717, 1.165) is 10.4 Å². The first kappa shape index (κ1) is 27.1. The summed E-state index contributed by atoms with van der Waals surface area (Å²) in [5.74, 6) is -2.48. The second kappa shape index (κ2) is 11.4. The predicted octanol–water partition coefficient (Wildman–Crippen LogP) is 5.87. The van der Waals surface area contributed by atoms with Crippen molar-refractivity contribution in [1.82, 2.24) is 5.32 Å². The number of nitro benzene ring substituents is 1. The van der Waals surface area contributed by atoms with Crippen LogP contribution < -0.4 is 10.1 Å². The van der Waals surface area contributed by atoms with E-state index in [2.05, 4.69) is 5.32 Å². The molecule has 2 heterocycles. The van der Waals surface area contributed by atoms with Crippen LogP contribution >= 0.6 is 11.3 Å². The van der Waals surface area contributed by atoms with E-state index in [1.165, 1.54) is 12.1 Å². The summed E-state index contributed by atoms with van der Waals surface area (Å²) in [4.78, 5) is 39.7. The van der Waals surface area contributed by atoms with Crippen molar-refractivity contribution in [2.24, 2.45) is 0 Å². The number of nitrogens with zero attached hydrogens (tertiary/aromatic N) is 1. The first-order valence-electron chi connectivity index (χ1n) is 12.9. The fourth-order valence-corrected chi connectivity index (χ4v) is 6.18. The molecular weight excluding hydrogens is 532 g/mol. The first-order chi connectivity index (χ1) is 19.3. The highest BCUT2D eigenvalue weighted by atomic mass is 32.1. The summed E-state index contributed by atoms with van der Waals surface area (Å²) in [5, 5.41) is 27.6. The minimum Gasteiger partial charge on any atom is -0.500 e. The summed E-state index contributed by atoms with van der Waals surface area (Å²) in [6.45, 7) is 3.59. The second-order valence-corrected chi connectivity index (χ2v) is 10.7. The summed E-state index contributed by atoms with van der Waals surface area (Å²) >= 11 is 1.58. The number of hydrogen-bond acceptors (Lipinski definition) is 9. The Morgan fingerprint density at radius 3 is 2.62 bits per heavy atom. The number of Topliss-reactive ketones (excluding diaryl/α,β-unsaturated/α-hetero) is 1. The summed E-state index contributed by atoms with van der Waals surface area (Å²) in [7, 11) is 0. The van der Waals surface area contributed by atoms with Gasteiger partial charge in [0, 0.05) is 46.2 Å². The summed E-state index contributed by atoms with van der Waals surface area (Å²) in [6.07, 6.45) is 0.779. The van der Waals surface area contributed by atoms with E-state index >= 15 is 0 Å². The van der Waals surface area contributed by atoms with Gasteiger partial charge in [0.15, 0.2) is 11.5 Å². The molecule has 3 aromatic rings. The van der Waals surface area contributed by atoms with Crippen LogP contribution in [0.25, 0.3) is 0 Å². The van der Waals surface area contributed by atoms with Gasteiger partial charge in [0.25, 0.3) is 0 Å². The second-order valence-electron chi connectivity index (χ2n) is 9.67. The largest absolute Gasteiger partial charge is 0.500 e. The van der Waals surface area contributed by atoms with Crippen LogP contribution in [-0.2, 0) is 20.9 Å². The van der Waals surface area contributed by atoms with Crippen LogP contribution in [0.5, 0.6) is 11.5 Å². The lowest BCUT2D eigenvalue weighted by Gasteiger charge is -2.36. The van der Waals surface area contributed by atoms with E-state index in [4.69, 9.17) is 9.47 Å². The van der Waals surface area contributed by atoms with Crippen LogP contribution in [0.3, 0.4) is 0 Å². The van der Waals surface area contributed by atoms with Crippen LogP contribution in [0.4, 0.5) is 5.69 Å². The number of carbonyl (C=O) groups is 2. The van der Waals surface area contributed by atoms with E-state index in [0.29, 0.717) is 23.4 Å². The quantitative estimate of drug-likeness (QED) is 0.199. The lowest BCUT2D eigenvalue weighted by Crippen LogP contribution is -2.36. The minimum atomic E-state index is -0.949. The summed E-state index contributed by atoms with van der Waals surface area (Å²) in [5.41, 5.74) is 2.22. The van der Waals surface area contributed by atoms with Gasteiger partial charge in [-0.1, -0.05) is 36.4 Å². The molecule has 2 N–H and O–H groups in total. The molecule has 40 heavy (non-hydrogen) atoms. The Hall–Kier alpha value is -4.44. The molecule has 10 heteroatoms. The predicted molar refractivity (Wildman–Crippen MR) is 149 cm³/mol. The molecule has 1 aromatic heterocycles. The maximum absolute atomic E-state index is 13.8. The van der Waals surface area contributed by atoms with Crippen molar-refractivity contribution in [2.45, 2.75) is 45.1 Å². The molecule has 0 bridgehead atoms. The number of benzene rings is 2. The number of thiophene rings is 1. The van der Waals surface area contributed by atoms with Gasteiger partial charge in [-0.3, -0.25) is 14.9 Å². The third-order valence-corrected chi connectivity index (χ3v) is 8.15. The molecule has 0 saturated heterocycles. The van der Waals surface area contributed by atoms with Gasteiger partial charge in [-0.25, -0.2) is 4.79 Å². The van der Waals surface area contributed by atoms with Crippen LogP contribution in [0.1, 0.15) is 54.5 Å². The lowest BCUT2D eigenvalue weighted by molar-refractivity contribution is -0.386. The molecule has 1 aliphatic carbocycles. The minimum absolute atomic E-state index is 0.0173. The molecule has 2 aliphatic rings. The van der Waals surface area contributed by atoms with E-state index in [-0.39, 0.29) is 48.2 Å². The SMILES string of the molecule is CCOc1cc(C2C(C(=O)OCc3ccccc3)=C(C)NC3=C2C(=O)CC(c2cccs2)C3)cc([N+](=O)[O-])c1O. The lowest BCUT2D eigenvalue weighted by atomic mass is 9.72. The van der Waals surface area contributed by atoms with Crippen molar-refractivity contribution in [3.8, 4) is 11.5 Å². The molecule has 2 aromatic carbocycles. The van der Waals surface area contributed by atoms with Gasteiger partial charge >= 0.3 is 11.7 Å². The standard InChI is InChI=1S/C30H28N2O7S/c1-3-38-24-15-20(13-22(29(24)34)32(36)37)27-26(30(35)39-16-18-8-5-4-6-9-18)17(2)31-21-12-19(14-23(33)28(21)27)25-10-7-11-40-25/h4-11,13,15,19,27,31,34H,3,12,14,16H2,1-2H3. The summed E-state index contributed by atoms with van der Waals surface area (Å²) < 4.78 is 11.2. The van der Waals surface area contributed by atoms with Crippen molar-refractivity contribution in [3.05, 3.63) is 109 Å². The van der Waals surface area contributed by atoms with E-state index < -0.39 is 28.2 Å². The Morgan fingerprint density at radius 2 is 1.95 bits per heavy atom. The van der Waals surface area contributed by atoms with Gasteiger partial charge in [-0.2, -0.15) is 0 Å². The molecular formula is C30H28N2O7S. The molecule has 9 nitrogen and oxygen atoms in total. The van der Waals surface area contributed by atoms with Gasteiger partial charge < -0.3 is 19.9 Å². The number of carbonyl (C=O) groups excluding carboxylic acids is 2. The highest BCUT2D eigenvalue weighted by Crippen LogP contribution is 2.49. The number of esters is 1. The van der Waals surface area contributed by atoms with Crippen molar-refractivity contribution >= 4 is 28.8 Å². The zero-order chi connectivity index (χ0) is 28.4. The van der Waals surface area contributed by atoms with Gasteiger partial charge in [0.1, 0.15) is 6.61 Å². The van der Waals surface area contributed by atoms with Gasteiger partial charge in [0.2, 0.25) is 5.75 Å². The number of allylic oxidation sites excluding steroid dienone is 3. The van der Waals surface area contributed by atoms with Crippen LogP contribution in [0.15, 0.2) is 82.5 Å². The maximum atomic E-state index is 13.8. The van der Waals surface area contributed by atoms with Crippen LogP contribution in [-0.4, -0.2) is 28.4 Å². The normalized spacial score (nSPS) is 18.7. The molecule has 206 valence electrons. The van der Waals surface area contributed by atoms with Gasteiger partial charge in [0.05, 0.1) is 17.1 Å². The number of ether oxygens (including phenoxy) is 2. The highest BCUT2D eigenvalue weighted by Gasteiger charge is 2.42. The van der Waals surface area contributed by atoms with Crippen molar-refractivity contribution in [3.63, 3.8) is 0 Å². The molecule has 0 spiro atoms. The van der Waals surface area contributed by atoms with E-state index in [1.807, 2.05) is 47.8 Å². The zero-order valence-electron chi connectivity index (χ0n) is 22.0. The number of aromatic hydroxyl groups is 1. The number of phenolic OH excluding ortho intramolecular Hbond substituents is 1.